The van der Waals surface area contributed by atoms with E-state index in [1.54, 1.807) is 12.1 Å². The predicted octanol–water partition coefficient (Wildman–Crippen LogP) is 3.51. The Morgan fingerprint density at radius 1 is 1.14 bits per heavy atom. The highest BCUT2D eigenvalue weighted by Crippen LogP contribution is 2.38. The summed E-state index contributed by atoms with van der Waals surface area (Å²) < 4.78 is 6.02. The van der Waals surface area contributed by atoms with Gasteiger partial charge in [-0.25, -0.2) is 4.98 Å². The second kappa shape index (κ2) is 7.35. The van der Waals surface area contributed by atoms with Gasteiger partial charge in [-0.2, -0.15) is 0 Å². The first-order chi connectivity index (χ1) is 14.1. The van der Waals surface area contributed by atoms with Crippen LogP contribution in [0.15, 0.2) is 48.5 Å². The highest BCUT2D eigenvalue weighted by atomic mass is 35.5. The van der Waals surface area contributed by atoms with E-state index in [1.807, 2.05) is 41.3 Å². The van der Waals surface area contributed by atoms with Gasteiger partial charge < -0.3 is 19.7 Å². The minimum Gasteiger partial charge on any atom is -0.488 e. The first-order valence-electron chi connectivity index (χ1n) is 9.91. The monoisotopic (exact) mass is 411 g/mol. The van der Waals surface area contributed by atoms with Gasteiger partial charge in [0.05, 0.1) is 17.1 Å². The van der Waals surface area contributed by atoms with E-state index >= 15 is 0 Å². The van der Waals surface area contributed by atoms with Crippen molar-refractivity contribution in [1.82, 2.24) is 14.9 Å². The molecule has 1 aromatic heterocycles. The number of benzene rings is 2. The van der Waals surface area contributed by atoms with Crippen LogP contribution in [-0.4, -0.2) is 51.2 Å². The van der Waals surface area contributed by atoms with Gasteiger partial charge in [0, 0.05) is 18.1 Å². The zero-order chi connectivity index (χ0) is 20.0. The van der Waals surface area contributed by atoms with Crippen LogP contribution in [0.4, 0.5) is 0 Å². The zero-order valence-electron chi connectivity index (χ0n) is 15.8. The summed E-state index contributed by atoms with van der Waals surface area (Å²) in [5, 5.41) is 11.2. The molecular formula is C22H22ClN3O3. The van der Waals surface area contributed by atoms with Gasteiger partial charge in [0.25, 0.3) is 5.91 Å². The number of likely N-dealkylation sites (tertiary alicyclic amines) is 1. The molecule has 6 nitrogen and oxygen atoms in total. The summed E-state index contributed by atoms with van der Waals surface area (Å²) in [6, 6.07) is 14.9. The van der Waals surface area contributed by atoms with Crippen LogP contribution in [0, 0.1) is 11.8 Å². The maximum atomic E-state index is 13.0. The minimum atomic E-state index is -0.559. The van der Waals surface area contributed by atoms with Gasteiger partial charge >= 0.3 is 0 Å². The number of para-hydroxylation sites is 2. The molecule has 0 bridgehead atoms. The van der Waals surface area contributed by atoms with Crippen LogP contribution in [0.25, 0.3) is 11.0 Å². The second-order valence-electron chi connectivity index (χ2n) is 7.99. The molecule has 150 valence electrons. The summed E-state index contributed by atoms with van der Waals surface area (Å²) in [5.41, 5.74) is 1.65. The first-order valence-corrected chi connectivity index (χ1v) is 10.3. The number of hydrogen-bond donors (Lipinski definition) is 2. The predicted molar refractivity (Wildman–Crippen MR) is 110 cm³/mol. The number of H-pyrrole nitrogens is 1. The van der Waals surface area contributed by atoms with Crippen LogP contribution >= 0.6 is 11.6 Å². The van der Waals surface area contributed by atoms with E-state index in [0.29, 0.717) is 48.4 Å². The highest BCUT2D eigenvalue weighted by Gasteiger charge is 2.44. The number of halogens is 1. The molecule has 1 saturated heterocycles. The third kappa shape index (κ3) is 3.58. The van der Waals surface area contributed by atoms with Gasteiger partial charge in [-0.1, -0.05) is 29.8 Å². The van der Waals surface area contributed by atoms with Crippen LogP contribution in [0.1, 0.15) is 23.5 Å². The first kappa shape index (κ1) is 18.5. The smallest absolute Gasteiger partial charge is 0.289 e. The number of imidazole rings is 1. The van der Waals surface area contributed by atoms with Crippen molar-refractivity contribution >= 4 is 28.5 Å². The average molecular weight is 412 g/mol. The molecule has 0 unspecified atom stereocenters. The largest absolute Gasteiger partial charge is 0.488 e. The lowest BCUT2D eigenvalue weighted by Crippen LogP contribution is -2.42. The van der Waals surface area contributed by atoms with Gasteiger partial charge in [-0.3, -0.25) is 4.79 Å². The Morgan fingerprint density at radius 3 is 2.72 bits per heavy atom. The number of aliphatic hydroxyl groups is 1. The number of nitrogens with one attached hydrogen (secondary N) is 1. The van der Waals surface area contributed by atoms with Crippen molar-refractivity contribution in [3.05, 3.63) is 59.4 Å². The van der Waals surface area contributed by atoms with E-state index in [4.69, 9.17) is 16.3 Å². The number of carbonyl (C=O) groups excluding carboxylic acids is 1. The Hall–Kier alpha value is -2.57. The lowest BCUT2D eigenvalue weighted by Gasteiger charge is -2.35. The van der Waals surface area contributed by atoms with Crippen molar-refractivity contribution in [2.75, 3.05) is 13.1 Å². The zero-order valence-corrected chi connectivity index (χ0v) is 16.5. The quantitative estimate of drug-likeness (QED) is 0.691. The molecular weight excluding hydrogens is 390 g/mol. The summed E-state index contributed by atoms with van der Waals surface area (Å²) in [5.74, 6) is 1.52. The molecule has 2 aliphatic rings. The van der Waals surface area contributed by atoms with E-state index in [2.05, 4.69) is 9.97 Å². The van der Waals surface area contributed by atoms with Gasteiger partial charge in [0.2, 0.25) is 0 Å². The molecule has 2 fully saturated rings. The number of aromatic nitrogens is 2. The molecule has 1 amide bonds. The van der Waals surface area contributed by atoms with Crippen molar-refractivity contribution in [3.8, 4) is 5.75 Å². The van der Waals surface area contributed by atoms with Crippen molar-refractivity contribution in [3.63, 3.8) is 0 Å². The fraction of sp³-hybridized carbons (Fsp3) is 0.364. The molecule has 1 aliphatic carbocycles. The average Bonchev–Trinajstić information content (AvgIpc) is 3.31. The number of fused-ring (bicyclic) bond motifs is 2. The number of aromatic amines is 1. The molecule has 1 aliphatic heterocycles. The number of ether oxygens (including phenoxy) is 1. The van der Waals surface area contributed by atoms with Gasteiger partial charge in [-0.05, 0) is 55.0 Å². The van der Waals surface area contributed by atoms with Gasteiger partial charge in [-0.15, -0.1) is 0 Å². The number of rotatable bonds is 3. The van der Waals surface area contributed by atoms with Crippen LogP contribution in [0.3, 0.4) is 0 Å². The third-order valence-corrected chi connectivity index (χ3v) is 6.28. The topological polar surface area (TPSA) is 78.5 Å². The number of aliphatic hydroxyl groups excluding tert-OH is 1. The molecule has 29 heavy (non-hydrogen) atoms. The molecule has 2 aromatic carbocycles. The van der Waals surface area contributed by atoms with Crippen molar-refractivity contribution in [2.24, 2.45) is 11.8 Å². The second-order valence-corrected chi connectivity index (χ2v) is 8.42. The molecule has 2 heterocycles. The molecule has 3 aromatic rings. The summed E-state index contributed by atoms with van der Waals surface area (Å²) in [6.07, 6.45) is 0.481. The van der Waals surface area contributed by atoms with E-state index in [-0.39, 0.29) is 17.9 Å². The Labute approximate surface area is 173 Å². The molecule has 0 spiro atoms. The lowest BCUT2D eigenvalue weighted by atomic mass is 9.78. The maximum absolute atomic E-state index is 13.0. The van der Waals surface area contributed by atoms with E-state index in [9.17, 15) is 9.90 Å². The molecule has 4 atom stereocenters. The third-order valence-electron chi connectivity index (χ3n) is 6.05. The Bertz CT molecular complexity index is 1020. The fourth-order valence-electron chi connectivity index (χ4n) is 4.60. The van der Waals surface area contributed by atoms with Gasteiger partial charge in [0.15, 0.2) is 5.82 Å². The molecule has 5 rings (SSSR count). The van der Waals surface area contributed by atoms with Crippen LogP contribution in [0.2, 0.25) is 5.02 Å². The highest BCUT2D eigenvalue weighted by molar-refractivity contribution is 6.30. The number of carbonyl (C=O) groups is 1. The fourth-order valence-corrected chi connectivity index (χ4v) is 4.78. The van der Waals surface area contributed by atoms with Crippen molar-refractivity contribution < 1.29 is 14.6 Å². The Morgan fingerprint density at radius 2 is 1.93 bits per heavy atom. The molecule has 2 N–H and O–H groups in total. The van der Waals surface area contributed by atoms with E-state index < -0.39 is 6.10 Å². The van der Waals surface area contributed by atoms with E-state index in [1.165, 1.54) is 0 Å². The summed E-state index contributed by atoms with van der Waals surface area (Å²) in [7, 11) is 0. The van der Waals surface area contributed by atoms with Gasteiger partial charge in [0.1, 0.15) is 11.9 Å². The SMILES string of the molecule is O=C(c1nc2ccccc2[nH]1)N1C[C@H]2C[C@@H](Oc3cccc(Cl)c3)[C@H](O)C[C@H]2C1. The molecule has 0 radical (unpaired) electrons. The van der Waals surface area contributed by atoms with Crippen LogP contribution < -0.4 is 4.74 Å². The van der Waals surface area contributed by atoms with Crippen molar-refractivity contribution in [2.45, 2.75) is 25.0 Å². The van der Waals surface area contributed by atoms with Crippen LogP contribution in [-0.2, 0) is 0 Å². The van der Waals surface area contributed by atoms with Crippen LogP contribution in [0.5, 0.6) is 5.75 Å². The Balaban J connectivity index is 1.28. The number of amides is 1. The summed E-state index contributed by atoms with van der Waals surface area (Å²) in [6.45, 7) is 1.30. The lowest BCUT2D eigenvalue weighted by molar-refractivity contribution is -0.0231. The standard InChI is InChI=1S/C22H22ClN3O3/c23-15-4-3-5-16(10-15)29-20-9-14-12-26(11-13(14)8-19(20)27)22(28)21-24-17-6-1-2-7-18(17)25-21/h1-7,10,13-14,19-20,27H,8-9,11-12H2,(H,24,25)/t13-,14+,19+,20+/m0/s1. The maximum Gasteiger partial charge on any atom is 0.289 e. The number of nitrogens with zero attached hydrogens (tertiary/aromatic N) is 2. The normalized spacial score (nSPS) is 26.5. The van der Waals surface area contributed by atoms with E-state index in [0.717, 1.165) is 11.0 Å². The van der Waals surface area contributed by atoms with Crippen molar-refractivity contribution in [1.29, 1.82) is 0 Å². The summed E-state index contributed by atoms with van der Waals surface area (Å²) in [4.78, 5) is 22.4. The number of hydrogen-bond acceptors (Lipinski definition) is 4. The molecule has 1 saturated carbocycles. The Kier molecular flexibility index (Phi) is 4.68. The summed E-state index contributed by atoms with van der Waals surface area (Å²) >= 11 is 6.03. The minimum absolute atomic E-state index is 0.0857. The molecule has 7 heteroatoms.